The molecule has 7 nitrogen and oxygen atoms in total. The Morgan fingerprint density at radius 1 is 1.30 bits per heavy atom. The number of piperidine rings is 1. The molecule has 1 aromatic rings. The van der Waals surface area contributed by atoms with Gasteiger partial charge in [0, 0.05) is 39.0 Å². The summed E-state index contributed by atoms with van der Waals surface area (Å²) in [4.78, 5) is 20.7. The van der Waals surface area contributed by atoms with Crippen LogP contribution in [0.2, 0.25) is 0 Å². The fourth-order valence-electron chi connectivity index (χ4n) is 3.38. The highest BCUT2D eigenvalue weighted by molar-refractivity contribution is 5.93. The third-order valence-electron chi connectivity index (χ3n) is 5.01. The molecule has 2 aliphatic rings. The fourth-order valence-corrected chi connectivity index (χ4v) is 3.38. The van der Waals surface area contributed by atoms with Crippen molar-refractivity contribution in [3.8, 4) is 0 Å². The first-order valence-electron chi connectivity index (χ1n) is 9.30. The van der Waals surface area contributed by atoms with E-state index in [2.05, 4.69) is 15.2 Å². The molecule has 1 amide bonds. The van der Waals surface area contributed by atoms with Gasteiger partial charge in [-0.05, 0) is 31.4 Å². The number of hydrogen-bond donors (Lipinski definition) is 1. The Morgan fingerprint density at radius 3 is 2.67 bits per heavy atom. The number of ether oxygens (including phenoxy) is 2. The number of methoxy groups -OCH3 is 1. The van der Waals surface area contributed by atoms with Crippen LogP contribution in [0.15, 0.2) is 47.2 Å². The summed E-state index contributed by atoms with van der Waals surface area (Å²) in [5.74, 6) is 1.03. The lowest BCUT2D eigenvalue weighted by molar-refractivity contribution is 0.0635. The first kappa shape index (κ1) is 19.2. The number of allylic oxidation sites excluding steroid dienone is 1. The van der Waals surface area contributed by atoms with Crippen LogP contribution in [-0.4, -0.2) is 61.2 Å². The molecule has 0 radical (unpaired) electrons. The lowest BCUT2D eigenvalue weighted by atomic mass is 10.0. The van der Waals surface area contributed by atoms with Crippen LogP contribution in [0.5, 0.6) is 0 Å². The van der Waals surface area contributed by atoms with Gasteiger partial charge in [-0.25, -0.2) is 9.79 Å². The van der Waals surface area contributed by atoms with E-state index in [4.69, 9.17) is 9.47 Å². The van der Waals surface area contributed by atoms with Crippen molar-refractivity contribution >= 4 is 11.8 Å². The van der Waals surface area contributed by atoms with Crippen molar-refractivity contribution in [1.29, 1.82) is 0 Å². The van der Waals surface area contributed by atoms with Crippen LogP contribution >= 0.6 is 0 Å². The Labute approximate surface area is 160 Å². The average Bonchev–Trinajstić information content (AvgIpc) is 2.71. The summed E-state index contributed by atoms with van der Waals surface area (Å²) < 4.78 is 10.7. The lowest BCUT2D eigenvalue weighted by Gasteiger charge is -2.39. The molecule has 7 heteroatoms. The second-order valence-corrected chi connectivity index (χ2v) is 6.90. The minimum atomic E-state index is -0.335. The molecule has 0 saturated carbocycles. The number of carbonyl (C=O) groups is 1. The van der Waals surface area contributed by atoms with Crippen LogP contribution in [0, 0.1) is 0 Å². The van der Waals surface area contributed by atoms with Crippen molar-refractivity contribution in [1.82, 2.24) is 15.1 Å². The maximum absolute atomic E-state index is 12.4. The van der Waals surface area contributed by atoms with Crippen molar-refractivity contribution in [3.63, 3.8) is 0 Å². The SMILES string of the molecule is COC1N=C(C)C=C(N2CCC(N(C)C(=O)OCc3ccccc3)CC2)N1. The molecule has 0 aromatic heterocycles. The summed E-state index contributed by atoms with van der Waals surface area (Å²) in [6.07, 6.45) is 3.22. The Morgan fingerprint density at radius 2 is 2.00 bits per heavy atom. The summed E-state index contributed by atoms with van der Waals surface area (Å²) in [5.41, 5.74) is 1.94. The third kappa shape index (κ3) is 5.01. The highest BCUT2D eigenvalue weighted by Gasteiger charge is 2.28. The van der Waals surface area contributed by atoms with Crippen LogP contribution in [0.4, 0.5) is 4.79 Å². The standard InChI is InChI=1S/C20H28N4O3/c1-15-13-18(22-19(21-15)26-3)24-11-9-17(10-12-24)23(2)20(25)27-14-16-7-5-4-6-8-16/h4-8,13,17,19,22H,9-12,14H2,1-3H3. The molecule has 2 aliphatic heterocycles. The minimum absolute atomic E-state index is 0.182. The van der Waals surface area contributed by atoms with Gasteiger partial charge in [0.15, 0.2) is 0 Å². The van der Waals surface area contributed by atoms with Gasteiger partial charge in [-0.3, -0.25) is 0 Å². The molecule has 0 spiro atoms. The normalized spacial score (nSPS) is 20.4. The van der Waals surface area contributed by atoms with Gasteiger partial charge in [-0.2, -0.15) is 0 Å². The number of rotatable bonds is 5. The number of aliphatic imine (C=N–C) groups is 1. The molecule has 1 unspecified atom stereocenters. The predicted molar refractivity (Wildman–Crippen MR) is 104 cm³/mol. The quantitative estimate of drug-likeness (QED) is 0.860. The highest BCUT2D eigenvalue weighted by Crippen LogP contribution is 2.20. The molecular weight excluding hydrogens is 344 g/mol. The maximum atomic E-state index is 12.4. The van der Waals surface area contributed by atoms with E-state index in [0.717, 1.165) is 43.0 Å². The fraction of sp³-hybridized carbons (Fsp3) is 0.500. The first-order valence-corrected chi connectivity index (χ1v) is 9.30. The maximum Gasteiger partial charge on any atom is 0.410 e. The van der Waals surface area contributed by atoms with Gasteiger partial charge >= 0.3 is 6.09 Å². The molecule has 1 N–H and O–H groups in total. The van der Waals surface area contributed by atoms with Crippen molar-refractivity contribution in [3.05, 3.63) is 47.8 Å². The van der Waals surface area contributed by atoms with Crippen LogP contribution in [-0.2, 0) is 16.1 Å². The molecule has 1 saturated heterocycles. The summed E-state index contributed by atoms with van der Waals surface area (Å²) >= 11 is 0. The van der Waals surface area contributed by atoms with Gasteiger partial charge < -0.3 is 24.6 Å². The Hall–Kier alpha value is -2.54. The predicted octanol–water partition coefficient (Wildman–Crippen LogP) is 2.55. The Kier molecular flexibility index (Phi) is 6.34. The topological polar surface area (TPSA) is 66.4 Å². The van der Waals surface area contributed by atoms with Crippen LogP contribution in [0.1, 0.15) is 25.3 Å². The summed E-state index contributed by atoms with van der Waals surface area (Å²) in [7, 11) is 3.46. The van der Waals surface area contributed by atoms with Crippen molar-refractivity contribution < 1.29 is 14.3 Å². The van der Waals surface area contributed by atoms with E-state index in [1.54, 1.807) is 12.0 Å². The molecule has 27 heavy (non-hydrogen) atoms. The summed E-state index contributed by atoms with van der Waals surface area (Å²) in [6.45, 7) is 4.00. The number of amides is 1. The monoisotopic (exact) mass is 372 g/mol. The number of benzene rings is 1. The van der Waals surface area contributed by atoms with Crippen molar-refractivity contribution in [2.45, 2.75) is 38.8 Å². The summed E-state index contributed by atoms with van der Waals surface area (Å²) in [6, 6.07) is 9.92. The molecule has 3 rings (SSSR count). The van der Waals surface area contributed by atoms with Crippen LogP contribution in [0.3, 0.4) is 0 Å². The molecule has 1 aromatic carbocycles. The molecular formula is C20H28N4O3. The number of nitrogens with one attached hydrogen (secondary N) is 1. The molecule has 146 valence electrons. The van der Waals surface area contributed by atoms with E-state index in [1.807, 2.05) is 50.4 Å². The van der Waals surface area contributed by atoms with E-state index < -0.39 is 0 Å². The highest BCUT2D eigenvalue weighted by atomic mass is 16.6. The van der Waals surface area contributed by atoms with Gasteiger partial charge in [0.05, 0.1) is 0 Å². The zero-order chi connectivity index (χ0) is 19.2. The van der Waals surface area contributed by atoms with Crippen LogP contribution in [0.25, 0.3) is 0 Å². The van der Waals surface area contributed by atoms with Gasteiger partial charge in [0.1, 0.15) is 12.4 Å². The van der Waals surface area contributed by atoms with E-state index in [9.17, 15) is 4.79 Å². The number of likely N-dealkylation sites (tertiary alicyclic amines) is 1. The lowest BCUT2D eigenvalue weighted by Crippen LogP contribution is -2.48. The van der Waals surface area contributed by atoms with Crippen molar-refractivity contribution in [2.75, 3.05) is 27.2 Å². The van der Waals surface area contributed by atoms with E-state index >= 15 is 0 Å². The van der Waals surface area contributed by atoms with Gasteiger partial charge in [0.2, 0.25) is 6.35 Å². The molecule has 2 heterocycles. The molecule has 0 bridgehead atoms. The largest absolute Gasteiger partial charge is 0.445 e. The molecule has 1 fully saturated rings. The molecule has 0 aliphatic carbocycles. The van der Waals surface area contributed by atoms with E-state index in [1.165, 1.54) is 0 Å². The van der Waals surface area contributed by atoms with Gasteiger partial charge in [0.25, 0.3) is 0 Å². The average molecular weight is 372 g/mol. The van der Waals surface area contributed by atoms with Crippen molar-refractivity contribution in [2.24, 2.45) is 4.99 Å². The third-order valence-corrected chi connectivity index (χ3v) is 5.01. The molecule has 1 atom stereocenters. The number of hydrogen-bond acceptors (Lipinski definition) is 6. The van der Waals surface area contributed by atoms with E-state index in [0.29, 0.717) is 6.61 Å². The minimum Gasteiger partial charge on any atom is -0.445 e. The smallest absolute Gasteiger partial charge is 0.410 e. The van der Waals surface area contributed by atoms with E-state index in [-0.39, 0.29) is 18.5 Å². The Bertz CT molecular complexity index is 696. The second-order valence-electron chi connectivity index (χ2n) is 6.90. The zero-order valence-electron chi connectivity index (χ0n) is 16.2. The van der Waals surface area contributed by atoms with Crippen LogP contribution < -0.4 is 5.32 Å². The summed E-state index contributed by atoms with van der Waals surface area (Å²) in [5, 5.41) is 3.28. The van der Waals surface area contributed by atoms with Gasteiger partial charge in [-0.1, -0.05) is 30.3 Å². The second kappa shape index (κ2) is 8.90. The first-order chi connectivity index (χ1) is 13.1. The number of carbonyl (C=O) groups excluding carboxylic acids is 1. The van der Waals surface area contributed by atoms with Gasteiger partial charge in [-0.15, -0.1) is 0 Å². The number of nitrogens with zero attached hydrogens (tertiary/aromatic N) is 3. The Balaban J connectivity index is 1.48. The zero-order valence-corrected chi connectivity index (χ0v) is 16.2.